The van der Waals surface area contributed by atoms with Gasteiger partial charge < -0.3 is 19.6 Å². The molecule has 0 radical (unpaired) electrons. The third kappa shape index (κ3) is 11.1. The van der Waals surface area contributed by atoms with Gasteiger partial charge in [0.05, 0.1) is 35.0 Å². The van der Waals surface area contributed by atoms with E-state index in [4.69, 9.17) is 6.57 Å². The Morgan fingerprint density at radius 1 is 0.279 bits per heavy atom. The fourth-order valence-corrected chi connectivity index (χ4v) is 16.1. The molecule has 0 saturated carbocycles. The Morgan fingerprint density at radius 2 is 0.577 bits per heavy atom. The van der Waals surface area contributed by atoms with Gasteiger partial charge in [0.25, 0.3) is 0 Å². The number of para-hydroxylation sites is 6. The van der Waals surface area contributed by atoms with Crippen molar-refractivity contribution in [3.05, 3.63) is 439 Å². The number of hydrogen-bond donors (Lipinski definition) is 0. The first-order valence-corrected chi connectivity index (χ1v) is 35.3. The van der Waals surface area contributed by atoms with Crippen LogP contribution in [0.5, 0.6) is 0 Å². The van der Waals surface area contributed by atoms with Crippen molar-refractivity contribution in [2.75, 3.05) is 19.6 Å². The van der Waals surface area contributed by atoms with E-state index in [2.05, 4.69) is 372 Å². The molecule has 0 aromatic heterocycles. The van der Waals surface area contributed by atoms with Gasteiger partial charge in [0.1, 0.15) is 0 Å². The lowest BCUT2D eigenvalue weighted by atomic mass is 9.67. The van der Waals surface area contributed by atoms with Gasteiger partial charge in [-0.25, -0.2) is 4.85 Å². The predicted octanol–water partition coefficient (Wildman–Crippen LogP) is 26.7. The van der Waals surface area contributed by atoms with Crippen molar-refractivity contribution in [1.29, 1.82) is 5.26 Å². The SMILES string of the molecule is [C-]#[N+]c1ccc(N(c2ccccc2)c2cc3c(c4ccccc24)-c2ccc(N(c4ccccc4)c4ccc(C#N)cc4)cc2C3(C)C)cc1.c1ccc(N(c2ccccc2)c2ccc3c(c2)C(c2ccccc2)(c2ccccc2)c2cc(N(c4ccccc4)c4ccccc4)c4ccccc4c2-3)cc1. The Hall–Kier alpha value is -13.8. The summed E-state index contributed by atoms with van der Waals surface area (Å²) in [6.07, 6.45) is 0. The van der Waals surface area contributed by atoms with Gasteiger partial charge in [-0.1, -0.05) is 257 Å². The quantitative estimate of drug-likeness (QED) is 0.102. The van der Waals surface area contributed by atoms with Gasteiger partial charge in [-0.2, -0.15) is 5.26 Å². The Bertz CT molecular complexity index is 5760. The van der Waals surface area contributed by atoms with Crippen LogP contribution >= 0.6 is 0 Å². The zero-order valence-electron chi connectivity index (χ0n) is 57.6. The number of hydrogen-bond acceptors (Lipinski definition) is 5. The minimum absolute atomic E-state index is 0.303. The fourth-order valence-electron chi connectivity index (χ4n) is 16.1. The van der Waals surface area contributed by atoms with Crippen LogP contribution in [0.1, 0.15) is 52.8 Å². The molecule has 104 heavy (non-hydrogen) atoms. The minimum atomic E-state index is -0.625. The maximum absolute atomic E-state index is 9.45. The highest BCUT2D eigenvalue weighted by atomic mass is 15.2. The molecule has 2 aliphatic carbocycles. The van der Waals surface area contributed by atoms with Gasteiger partial charge in [0.2, 0.25) is 0 Å². The predicted molar refractivity (Wildman–Crippen MR) is 432 cm³/mol. The molecule has 6 heteroatoms. The van der Waals surface area contributed by atoms with Gasteiger partial charge >= 0.3 is 0 Å². The average Bonchev–Trinajstić information content (AvgIpc) is 1.52. The lowest BCUT2D eigenvalue weighted by Gasteiger charge is -2.36. The van der Waals surface area contributed by atoms with E-state index in [1.807, 2.05) is 60.7 Å². The summed E-state index contributed by atoms with van der Waals surface area (Å²) >= 11 is 0. The van der Waals surface area contributed by atoms with Crippen molar-refractivity contribution in [2.45, 2.75) is 24.7 Å². The standard InChI is InChI=1S/C53H38N2.C45H32N4/c1-7-21-39(22-8-1)53(40-23-9-2-10-24-40)49-37-45(54(41-25-11-3-12-26-41)42-27-13-4-14-28-42)35-36-48(49)52-47-34-20-19-33-46(47)51(38-50(52)53)55(43-29-15-5-16-30-43)44-31-17-6-18-32-44;1-45(2)41-28-37(48(33-12-6-4-7-13-33)35-22-18-31(30-46)19-23-35)26-27-40(41)44-39-17-11-10-16-38(39)43(29-42(44)45)49(34-14-8-5-9-15-34)36-24-20-32(47-3)21-25-36/h1-38H;4-29H,1-2H3. The third-order valence-corrected chi connectivity index (χ3v) is 20.7. The largest absolute Gasteiger partial charge is 0.310 e. The fraction of sp³-hybridized carbons (Fsp3) is 0.0408. The van der Waals surface area contributed by atoms with E-state index in [-0.39, 0.29) is 5.41 Å². The Labute approximate surface area is 608 Å². The Morgan fingerprint density at radius 3 is 0.971 bits per heavy atom. The van der Waals surface area contributed by atoms with Crippen LogP contribution in [0.4, 0.5) is 73.9 Å². The van der Waals surface area contributed by atoms with Crippen LogP contribution in [0.15, 0.2) is 388 Å². The van der Waals surface area contributed by atoms with Gasteiger partial charge in [-0.05, 0) is 212 Å². The molecule has 0 atom stereocenters. The van der Waals surface area contributed by atoms with Gasteiger partial charge in [0, 0.05) is 73.1 Å². The van der Waals surface area contributed by atoms with Crippen molar-refractivity contribution >= 4 is 95.5 Å². The molecular formula is C98H70N6. The van der Waals surface area contributed by atoms with E-state index in [0.717, 1.165) is 73.6 Å². The second-order valence-corrected chi connectivity index (χ2v) is 26.9. The molecule has 0 bridgehead atoms. The van der Waals surface area contributed by atoms with Crippen LogP contribution in [-0.2, 0) is 10.8 Å². The van der Waals surface area contributed by atoms with E-state index < -0.39 is 5.41 Å². The van der Waals surface area contributed by atoms with E-state index in [0.29, 0.717) is 11.3 Å². The van der Waals surface area contributed by atoms with Crippen LogP contribution in [0.3, 0.4) is 0 Å². The van der Waals surface area contributed by atoms with E-state index in [1.54, 1.807) is 0 Å². The number of benzene rings is 16. The van der Waals surface area contributed by atoms with Gasteiger partial charge in [0.15, 0.2) is 5.69 Å². The second-order valence-electron chi connectivity index (χ2n) is 26.9. The molecule has 492 valence electrons. The van der Waals surface area contributed by atoms with Crippen molar-refractivity contribution in [2.24, 2.45) is 0 Å². The first-order valence-electron chi connectivity index (χ1n) is 35.3. The first kappa shape index (κ1) is 63.7. The summed E-state index contributed by atoms with van der Waals surface area (Å²) in [5.74, 6) is 0. The molecule has 0 fully saturated rings. The molecule has 2 aliphatic rings. The molecule has 0 N–H and O–H groups in total. The zero-order valence-corrected chi connectivity index (χ0v) is 57.6. The number of fused-ring (bicyclic) bond motifs is 10. The molecule has 6 nitrogen and oxygen atoms in total. The molecule has 0 amide bonds. The van der Waals surface area contributed by atoms with Crippen LogP contribution < -0.4 is 19.6 Å². The van der Waals surface area contributed by atoms with E-state index in [9.17, 15) is 5.26 Å². The highest BCUT2D eigenvalue weighted by molar-refractivity contribution is 6.13. The van der Waals surface area contributed by atoms with Crippen LogP contribution in [0, 0.1) is 17.9 Å². The Balaban J connectivity index is 0.000000155. The summed E-state index contributed by atoms with van der Waals surface area (Å²) in [5.41, 5.74) is 25.9. The van der Waals surface area contributed by atoms with Crippen LogP contribution in [0.2, 0.25) is 0 Å². The van der Waals surface area contributed by atoms with Crippen molar-refractivity contribution in [3.63, 3.8) is 0 Å². The molecule has 16 aromatic rings. The van der Waals surface area contributed by atoms with Crippen molar-refractivity contribution in [1.82, 2.24) is 0 Å². The number of anilines is 12. The summed E-state index contributed by atoms with van der Waals surface area (Å²) in [5, 5.41) is 14.3. The van der Waals surface area contributed by atoms with Crippen molar-refractivity contribution < 1.29 is 0 Å². The molecule has 18 rings (SSSR count). The van der Waals surface area contributed by atoms with Crippen molar-refractivity contribution in [3.8, 4) is 28.3 Å². The van der Waals surface area contributed by atoms with Gasteiger partial charge in [-0.15, -0.1) is 0 Å². The minimum Gasteiger partial charge on any atom is -0.310 e. The monoisotopic (exact) mass is 1330 g/mol. The highest BCUT2D eigenvalue weighted by Gasteiger charge is 2.48. The number of rotatable bonds is 14. The number of nitriles is 1. The summed E-state index contributed by atoms with van der Waals surface area (Å²) in [4.78, 5) is 13.0. The molecule has 0 aliphatic heterocycles. The molecule has 0 spiro atoms. The smallest absolute Gasteiger partial charge is 0.187 e. The summed E-state index contributed by atoms with van der Waals surface area (Å²) in [6, 6.07) is 140. The lowest BCUT2D eigenvalue weighted by Crippen LogP contribution is -2.29. The molecule has 0 saturated heterocycles. The normalized spacial score (nSPS) is 12.5. The lowest BCUT2D eigenvalue weighted by molar-refractivity contribution is 0.661. The first-order chi connectivity index (χ1) is 51.3. The maximum atomic E-state index is 9.45. The molecular weight excluding hydrogens is 1260 g/mol. The molecule has 0 heterocycles. The summed E-state index contributed by atoms with van der Waals surface area (Å²) < 4.78 is 0. The molecule has 16 aromatic carbocycles. The van der Waals surface area contributed by atoms with Gasteiger partial charge in [-0.3, -0.25) is 0 Å². The molecule has 0 unspecified atom stereocenters. The topological polar surface area (TPSA) is 41.1 Å². The Kier molecular flexibility index (Phi) is 16.6. The summed E-state index contributed by atoms with van der Waals surface area (Å²) in [6.45, 7) is 12.2. The van der Waals surface area contributed by atoms with Crippen LogP contribution in [0.25, 0.3) is 48.6 Å². The summed E-state index contributed by atoms with van der Waals surface area (Å²) in [7, 11) is 0. The highest BCUT2D eigenvalue weighted by Crippen LogP contribution is 2.62. The average molecular weight is 1330 g/mol. The zero-order chi connectivity index (χ0) is 70.1. The number of nitrogens with zero attached hydrogens (tertiary/aromatic N) is 6. The van der Waals surface area contributed by atoms with E-state index in [1.165, 1.54) is 71.8 Å². The van der Waals surface area contributed by atoms with Crippen LogP contribution in [-0.4, -0.2) is 0 Å². The third-order valence-electron chi connectivity index (χ3n) is 20.7. The second kappa shape index (κ2) is 27.0. The van der Waals surface area contributed by atoms with E-state index >= 15 is 0 Å². The maximum Gasteiger partial charge on any atom is 0.187 e.